The van der Waals surface area contributed by atoms with Crippen LogP contribution in [-0.4, -0.2) is 21.8 Å². The van der Waals surface area contributed by atoms with Gasteiger partial charge in [-0.2, -0.15) is 5.06 Å². The van der Waals surface area contributed by atoms with E-state index in [1.807, 2.05) is 48.5 Å². The van der Waals surface area contributed by atoms with Gasteiger partial charge >= 0.3 is 0 Å². The van der Waals surface area contributed by atoms with Crippen LogP contribution in [0.25, 0.3) is 0 Å². The molecule has 2 aromatic carbocycles. The molecule has 2 heterocycles. The molecular formula is C18H14N2O3. The quantitative estimate of drug-likeness (QED) is 0.876. The molecule has 0 aromatic heterocycles. The zero-order valence-electron chi connectivity index (χ0n) is 12.3. The molecule has 0 saturated heterocycles. The molecule has 0 saturated carbocycles. The van der Waals surface area contributed by atoms with E-state index < -0.39 is 6.17 Å². The van der Waals surface area contributed by atoms with Gasteiger partial charge in [-0.15, -0.1) is 0 Å². The van der Waals surface area contributed by atoms with Crippen molar-refractivity contribution in [3.05, 3.63) is 83.6 Å². The maximum absolute atomic E-state index is 12.4. The Morgan fingerprint density at radius 1 is 0.957 bits per heavy atom. The van der Waals surface area contributed by atoms with Crippen LogP contribution in [0.2, 0.25) is 0 Å². The van der Waals surface area contributed by atoms with E-state index in [0.29, 0.717) is 5.56 Å². The number of hydroxylamine groups is 2. The van der Waals surface area contributed by atoms with Gasteiger partial charge in [0.25, 0.3) is 11.8 Å². The largest absolute Gasteiger partial charge is 0.287 e. The minimum absolute atomic E-state index is 0.123. The van der Waals surface area contributed by atoms with E-state index in [2.05, 4.69) is 0 Å². The van der Waals surface area contributed by atoms with Crippen LogP contribution in [0, 0.1) is 0 Å². The molecule has 23 heavy (non-hydrogen) atoms. The number of rotatable bonds is 3. The maximum Gasteiger partial charge on any atom is 0.273 e. The van der Waals surface area contributed by atoms with Crippen molar-refractivity contribution in [1.82, 2.24) is 9.96 Å². The van der Waals surface area contributed by atoms with Crippen LogP contribution in [0.3, 0.4) is 0 Å². The first-order valence-electron chi connectivity index (χ1n) is 7.35. The second kappa shape index (κ2) is 5.37. The Morgan fingerprint density at radius 2 is 1.70 bits per heavy atom. The van der Waals surface area contributed by atoms with Gasteiger partial charge in [-0.1, -0.05) is 48.5 Å². The predicted molar refractivity (Wildman–Crippen MR) is 82.6 cm³/mol. The molecule has 0 unspecified atom stereocenters. The standard InChI is InChI=1S/C18H14N2O3/c21-16-10-11-19-17(14-8-4-5-9-15(14)18(19)22)20(16)23-12-13-6-2-1-3-7-13/h1-11,17H,12H2/t17-/m0/s1. The lowest BCUT2D eigenvalue weighted by Gasteiger charge is -2.34. The van der Waals surface area contributed by atoms with Gasteiger partial charge in [-0.3, -0.25) is 19.3 Å². The smallest absolute Gasteiger partial charge is 0.273 e. The van der Waals surface area contributed by atoms with Crippen molar-refractivity contribution in [2.45, 2.75) is 12.8 Å². The molecule has 1 atom stereocenters. The maximum atomic E-state index is 12.4. The Bertz CT molecular complexity index is 801. The van der Waals surface area contributed by atoms with Gasteiger partial charge in [0.2, 0.25) is 0 Å². The number of hydrogen-bond acceptors (Lipinski definition) is 3. The Kier molecular flexibility index (Phi) is 3.20. The van der Waals surface area contributed by atoms with Crippen molar-refractivity contribution in [2.75, 3.05) is 0 Å². The second-order valence-electron chi connectivity index (χ2n) is 5.41. The average molecular weight is 306 g/mol. The number of carbonyl (C=O) groups excluding carboxylic acids is 2. The third-order valence-electron chi connectivity index (χ3n) is 4.00. The van der Waals surface area contributed by atoms with Crippen molar-refractivity contribution >= 4 is 11.8 Å². The van der Waals surface area contributed by atoms with Gasteiger partial charge in [-0.05, 0) is 11.6 Å². The number of fused-ring (bicyclic) bond motifs is 3. The summed E-state index contributed by atoms with van der Waals surface area (Å²) in [5, 5.41) is 1.27. The molecule has 0 bridgehead atoms. The Labute approximate surface area is 133 Å². The topological polar surface area (TPSA) is 49.9 Å². The SMILES string of the molecule is O=C1c2ccccc2[C@H]2N1C=CC(=O)N2OCc1ccccc1. The Hall–Kier alpha value is -2.92. The molecule has 2 aliphatic heterocycles. The van der Waals surface area contributed by atoms with E-state index in [4.69, 9.17) is 4.84 Å². The highest BCUT2D eigenvalue weighted by molar-refractivity contribution is 6.02. The molecule has 5 nitrogen and oxygen atoms in total. The van der Waals surface area contributed by atoms with Gasteiger partial charge in [0.15, 0.2) is 6.17 Å². The lowest BCUT2D eigenvalue weighted by Crippen LogP contribution is -2.43. The Morgan fingerprint density at radius 3 is 2.52 bits per heavy atom. The predicted octanol–water partition coefficient (Wildman–Crippen LogP) is 2.63. The molecule has 2 aromatic rings. The minimum atomic E-state index is -0.542. The second-order valence-corrected chi connectivity index (χ2v) is 5.41. The third-order valence-corrected chi connectivity index (χ3v) is 4.00. The van der Waals surface area contributed by atoms with Gasteiger partial charge in [0.05, 0.1) is 0 Å². The zero-order chi connectivity index (χ0) is 15.8. The normalized spacial score (nSPS) is 19.0. The molecule has 2 amide bonds. The molecule has 0 aliphatic carbocycles. The van der Waals surface area contributed by atoms with Crippen molar-refractivity contribution < 1.29 is 14.4 Å². The summed E-state index contributed by atoms with van der Waals surface area (Å²) in [4.78, 5) is 32.0. The minimum Gasteiger partial charge on any atom is -0.287 e. The van der Waals surface area contributed by atoms with Crippen LogP contribution in [0.1, 0.15) is 27.7 Å². The summed E-state index contributed by atoms with van der Waals surface area (Å²) in [7, 11) is 0. The van der Waals surface area contributed by atoms with E-state index in [9.17, 15) is 9.59 Å². The first-order chi connectivity index (χ1) is 11.3. The lowest BCUT2D eigenvalue weighted by molar-refractivity contribution is -0.217. The fourth-order valence-corrected chi connectivity index (χ4v) is 2.90. The third kappa shape index (κ3) is 2.22. The van der Waals surface area contributed by atoms with Crippen LogP contribution in [0.5, 0.6) is 0 Å². The molecule has 0 spiro atoms. The van der Waals surface area contributed by atoms with Gasteiger partial charge in [0.1, 0.15) is 6.61 Å². The van der Waals surface area contributed by atoms with Crippen molar-refractivity contribution in [3.8, 4) is 0 Å². The molecule has 5 heteroatoms. The van der Waals surface area contributed by atoms with E-state index >= 15 is 0 Å². The molecule has 114 valence electrons. The van der Waals surface area contributed by atoms with Crippen molar-refractivity contribution in [3.63, 3.8) is 0 Å². The summed E-state index contributed by atoms with van der Waals surface area (Å²) in [6.07, 6.45) is 2.34. The van der Waals surface area contributed by atoms with Gasteiger partial charge in [0, 0.05) is 23.4 Å². The molecule has 4 rings (SSSR count). The first-order valence-corrected chi connectivity index (χ1v) is 7.35. The van der Waals surface area contributed by atoms with Crippen LogP contribution in [0.4, 0.5) is 0 Å². The van der Waals surface area contributed by atoms with E-state index in [-0.39, 0.29) is 18.4 Å². The summed E-state index contributed by atoms with van der Waals surface area (Å²) in [6, 6.07) is 16.9. The van der Waals surface area contributed by atoms with Gasteiger partial charge < -0.3 is 0 Å². The number of amides is 2. The van der Waals surface area contributed by atoms with Crippen LogP contribution in [0.15, 0.2) is 66.9 Å². The number of benzene rings is 2. The van der Waals surface area contributed by atoms with Crippen LogP contribution in [-0.2, 0) is 16.2 Å². The first kappa shape index (κ1) is 13.7. The molecule has 0 fully saturated rings. The highest BCUT2D eigenvalue weighted by Crippen LogP contribution is 2.38. The van der Waals surface area contributed by atoms with E-state index in [1.165, 1.54) is 22.2 Å². The number of hydrogen-bond donors (Lipinski definition) is 0. The van der Waals surface area contributed by atoms with Crippen LogP contribution >= 0.6 is 0 Å². The number of nitrogens with zero attached hydrogens (tertiary/aromatic N) is 2. The fraction of sp³-hybridized carbons (Fsp3) is 0.111. The Balaban J connectivity index is 1.65. The lowest BCUT2D eigenvalue weighted by atomic mass is 10.1. The number of carbonyl (C=O) groups is 2. The molecular weight excluding hydrogens is 292 g/mol. The van der Waals surface area contributed by atoms with Crippen molar-refractivity contribution in [2.24, 2.45) is 0 Å². The summed E-state index contributed by atoms with van der Waals surface area (Å²) in [5.74, 6) is -0.394. The molecule has 0 radical (unpaired) electrons. The summed E-state index contributed by atoms with van der Waals surface area (Å²) < 4.78 is 0. The zero-order valence-corrected chi connectivity index (χ0v) is 12.3. The van der Waals surface area contributed by atoms with Crippen LogP contribution < -0.4 is 0 Å². The highest BCUT2D eigenvalue weighted by atomic mass is 16.7. The molecule has 0 N–H and O–H groups in total. The summed E-state index contributed by atoms with van der Waals surface area (Å²) >= 11 is 0. The van der Waals surface area contributed by atoms with E-state index in [1.54, 1.807) is 6.07 Å². The summed E-state index contributed by atoms with van der Waals surface area (Å²) in [5.41, 5.74) is 2.34. The van der Waals surface area contributed by atoms with Crippen molar-refractivity contribution in [1.29, 1.82) is 0 Å². The monoisotopic (exact) mass is 306 g/mol. The van der Waals surface area contributed by atoms with E-state index in [0.717, 1.165) is 11.1 Å². The summed E-state index contributed by atoms with van der Waals surface area (Å²) in [6.45, 7) is 0.265. The average Bonchev–Trinajstić information content (AvgIpc) is 2.88. The van der Waals surface area contributed by atoms with Gasteiger partial charge in [-0.25, -0.2) is 0 Å². The highest BCUT2D eigenvalue weighted by Gasteiger charge is 2.43. The molecule has 2 aliphatic rings. The fourth-order valence-electron chi connectivity index (χ4n) is 2.90.